The predicted octanol–water partition coefficient (Wildman–Crippen LogP) is 6.04. The van der Waals surface area contributed by atoms with E-state index in [0.717, 1.165) is 11.1 Å². The number of furan rings is 1. The van der Waals surface area contributed by atoms with Crippen molar-refractivity contribution >= 4 is 58.0 Å². The van der Waals surface area contributed by atoms with E-state index in [9.17, 15) is 9.59 Å². The van der Waals surface area contributed by atoms with Crippen molar-refractivity contribution in [1.82, 2.24) is 4.57 Å². The Morgan fingerprint density at radius 3 is 2.54 bits per heavy atom. The third-order valence-corrected chi connectivity index (χ3v) is 7.76. The Morgan fingerprint density at radius 1 is 1.06 bits per heavy atom. The molecule has 1 aliphatic rings. The van der Waals surface area contributed by atoms with Gasteiger partial charge in [0.1, 0.15) is 17.6 Å². The van der Waals surface area contributed by atoms with Crippen LogP contribution >= 0.6 is 46.1 Å². The lowest BCUT2D eigenvalue weighted by Gasteiger charge is -2.22. The fraction of sp³-hybridized carbons (Fsp3) is 0.115. The van der Waals surface area contributed by atoms with E-state index in [4.69, 9.17) is 39.2 Å². The van der Waals surface area contributed by atoms with Crippen LogP contribution in [0, 0.1) is 0 Å². The highest BCUT2D eigenvalue weighted by atomic mass is 35.5. The summed E-state index contributed by atoms with van der Waals surface area (Å²) >= 11 is 19.8. The molecule has 0 N–H and O–H groups in total. The molecule has 2 aromatic heterocycles. The number of carbonyl (C=O) groups excluding carboxylic acids is 1. The number of Topliss-reactive ketones (excluding diaryl/α,β-unsaturated/α-hetero) is 1. The second kappa shape index (κ2) is 9.28. The van der Waals surface area contributed by atoms with E-state index in [1.807, 2.05) is 18.2 Å². The fourth-order valence-electron chi connectivity index (χ4n) is 4.08. The number of allylic oxidation sites excluding steroid dienone is 2. The summed E-state index contributed by atoms with van der Waals surface area (Å²) in [6.45, 7) is 3.22. The number of halogens is 3. The maximum absolute atomic E-state index is 13.6. The van der Waals surface area contributed by atoms with E-state index < -0.39 is 6.04 Å². The van der Waals surface area contributed by atoms with E-state index in [0.29, 0.717) is 47.2 Å². The van der Waals surface area contributed by atoms with E-state index in [-0.39, 0.29) is 11.3 Å². The summed E-state index contributed by atoms with van der Waals surface area (Å²) in [7, 11) is 0. The van der Waals surface area contributed by atoms with Crippen molar-refractivity contribution in [3.05, 3.63) is 112 Å². The predicted molar refractivity (Wildman–Crippen MR) is 140 cm³/mol. The third-order valence-electron chi connectivity index (χ3n) is 5.69. The molecule has 0 amide bonds. The topological polar surface area (TPSA) is 64.6 Å². The number of aromatic nitrogens is 1. The fourth-order valence-corrected chi connectivity index (χ4v) is 5.60. The number of hydrogen-bond acceptors (Lipinski definition) is 5. The van der Waals surface area contributed by atoms with Gasteiger partial charge in [0.05, 0.1) is 14.6 Å². The average Bonchev–Trinajstić information content (AvgIpc) is 3.41. The van der Waals surface area contributed by atoms with Crippen LogP contribution in [0.5, 0.6) is 0 Å². The Kier molecular flexibility index (Phi) is 6.32. The zero-order valence-corrected chi connectivity index (χ0v) is 21.6. The molecule has 0 saturated carbocycles. The zero-order chi connectivity index (χ0) is 24.9. The number of nitrogens with zero attached hydrogens (tertiary/aromatic N) is 2. The van der Waals surface area contributed by atoms with Crippen molar-refractivity contribution in [2.45, 2.75) is 19.9 Å². The molecule has 0 bridgehead atoms. The van der Waals surface area contributed by atoms with Crippen LogP contribution in [0.4, 0.5) is 0 Å². The SMILES string of the molecule is CC(=O)C1=C(C)N=c2s/c(=C/c3ccccc3Cl)c(=O)n2[C@@H]1c1ccc(-c2ccc(Cl)c(Cl)c2)o1. The number of hydrogen-bond donors (Lipinski definition) is 0. The van der Waals surface area contributed by atoms with Crippen LogP contribution in [0.3, 0.4) is 0 Å². The van der Waals surface area contributed by atoms with Crippen LogP contribution in [0.1, 0.15) is 31.2 Å². The van der Waals surface area contributed by atoms with Crippen molar-refractivity contribution in [3.8, 4) is 11.3 Å². The smallest absolute Gasteiger partial charge is 0.271 e. The first-order valence-electron chi connectivity index (χ1n) is 10.6. The van der Waals surface area contributed by atoms with Gasteiger partial charge in [-0.15, -0.1) is 0 Å². The molecule has 5 rings (SSSR count). The summed E-state index contributed by atoms with van der Waals surface area (Å²) in [5.41, 5.74) is 2.11. The molecular formula is C26H17Cl3N2O3S. The maximum Gasteiger partial charge on any atom is 0.271 e. The molecular weight excluding hydrogens is 527 g/mol. The summed E-state index contributed by atoms with van der Waals surface area (Å²) < 4.78 is 8.14. The Morgan fingerprint density at radius 2 is 1.83 bits per heavy atom. The Labute approximate surface area is 219 Å². The molecule has 3 heterocycles. The molecule has 0 fully saturated rings. The summed E-state index contributed by atoms with van der Waals surface area (Å²) in [6.07, 6.45) is 1.74. The van der Waals surface area contributed by atoms with E-state index in [1.165, 1.54) is 22.8 Å². The van der Waals surface area contributed by atoms with Crippen molar-refractivity contribution < 1.29 is 9.21 Å². The summed E-state index contributed by atoms with van der Waals surface area (Å²) in [6, 6.07) is 15.2. The van der Waals surface area contributed by atoms with Crippen molar-refractivity contribution in [3.63, 3.8) is 0 Å². The molecule has 1 atom stereocenters. The van der Waals surface area contributed by atoms with Crippen LogP contribution in [-0.4, -0.2) is 10.4 Å². The van der Waals surface area contributed by atoms with Crippen LogP contribution in [-0.2, 0) is 4.79 Å². The van der Waals surface area contributed by atoms with Gasteiger partial charge < -0.3 is 4.42 Å². The highest BCUT2D eigenvalue weighted by Crippen LogP contribution is 2.35. The van der Waals surface area contributed by atoms with E-state index >= 15 is 0 Å². The molecule has 176 valence electrons. The minimum absolute atomic E-state index is 0.191. The minimum atomic E-state index is -0.756. The van der Waals surface area contributed by atoms with Crippen LogP contribution in [0.15, 0.2) is 80.1 Å². The molecule has 4 aromatic rings. The second-order valence-corrected chi connectivity index (χ2v) is 10.2. The number of ketones is 1. The van der Waals surface area contributed by atoms with Gasteiger partial charge in [0.25, 0.3) is 5.56 Å². The third kappa shape index (κ3) is 4.32. The lowest BCUT2D eigenvalue weighted by molar-refractivity contribution is -0.114. The molecule has 0 saturated heterocycles. The zero-order valence-electron chi connectivity index (χ0n) is 18.5. The minimum Gasteiger partial charge on any atom is -0.458 e. The number of thiazole rings is 1. The van der Waals surface area contributed by atoms with Gasteiger partial charge in [0, 0.05) is 21.9 Å². The Bertz CT molecular complexity index is 1710. The standard InChI is InChI=1S/C26H17Cl3N2O3S/c1-13-23(14(2)32)24(21-10-9-20(34-21)16-7-8-18(28)19(29)11-16)31-25(33)22(35-26(31)30-13)12-15-5-3-4-6-17(15)27/h3-12,24H,1-2H3/b22-12+/t24-/m1/s1. The average molecular weight is 544 g/mol. The number of carbonyl (C=O) groups is 1. The van der Waals surface area contributed by atoms with Crippen LogP contribution in [0.2, 0.25) is 15.1 Å². The first-order chi connectivity index (χ1) is 16.7. The van der Waals surface area contributed by atoms with Gasteiger partial charge in [0.2, 0.25) is 0 Å². The highest BCUT2D eigenvalue weighted by Gasteiger charge is 2.33. The van der Waals surface area contributed by atoms with Gasteiger partial charge in [0.15, 0.2) is 10.6 Å². The Balaban J connectivity index is 1.70. The van der Waals surface area contributed by atoms with E-state index in [2.05, 4.69) is 4.99 Å². The molecule has 0 radical (unpaired) electrons. The lowest BCUT2D eigenvalue weighted by atomic mass is 9.98. The highest BCUT2D eigenvalue weighted by molar-refractivity contribution is 7.07. The Hall–Kier alpha value is -2.90. The normalized spacial score (nSPS) is 15.8. The molecule has 0 aliphatic carbocycles. The van der Waals surface area contributed by atoms with Gasteiger partial charge >= 0.3 is 0 Å². The maximum atomic E-state index is 13.6. The quantitative estimate of drug-likeness (QED) is 0.315. The molecule has 1 aliphatic heterocycles. The van der Waals surface area contributed by atoms with Gasteiger partial charge in [-0.3, -0.25) is 14.2 Å². The lowest BCUT2D eigenvalue weighted by Crippen LogP contribution is -2.39. The summed E-state index contributed by atoms with van der Waals surface area (Å²) in [5, 5.41) is 1.37. The molecule has 0 unspecified atom stereocenters. The monoisotopic (exact) mass is 542 g/mol. The van der Waals surface area contributed by atoms with Gasteiger partial charge in [-0.25, -0.2) is 4.99 Å². The molecule has 35 heavy (non-hydrogen) atoms. The molecule has 9 heteroatoms. The van der Waals surface area contributed by atoms with Crippen LogP contribution < -0.4 is 14.9 Å². The molecule has 2 aromatic carbocycles. The first-order valence-corrected chi connectivity index (χ1v) is 12.5. The summed E-state index contributed by atoms with van der Waals surface area (Å²) in [4.78, 5) is 31.3. The van der Waals surface area contributed by atoms with Crippen molar-refractivity contribution in [1.29, 1.82) is 0 Å². The largest absolute Gasteiger partial charge is 0.458 e. The number of benzene rings is 2. The van der Waals surface area contributed by atoms with Crippen molar-refractivity contribution in [2.75, 3.05) is 0 Å². The molecule has 5 nitrogen and oxygen atoms in total. The van der Waals surface area contributed by atoms with E-state index in [1.54, 1.807) is 49.4 Å². The second-order valence-electron chi connectivity index (χ2n) is 7.99. The number of fused-ring (bicyclic) bond motifs is 1. The van der Waals surface area contributed by atoms with Gasteiger partial charge in [-0.2, -0.15) is 0 Å². The van der Waals surface area contributed by atoms with Gasteiger partial charge in [-0.1, -0.05) is 64.3 Å². The number of rotatable bonds is 4. The first kappa shape index (κ1) is 23.8. The van der Waals surface area contributed by atoms with Crippen LogP contribution in [0.25, 0.3) is 17.4 Å². The van der Waals surface area contributed by atoms with Gasteiger partial charge in [-0.05, 0) is 61.9 Å². The van der Waals surface area contributed by atoms with Crippen molar-refractivity contribution in [2.24, 2.45) is 4.99 Å². The molecule has 0 spiro atoms. The summed E-state index contributed by atoms with van der Waals surface area (Å²) in [5.74, 6) is 0.786.